The Morgan fingerprint density at radius 3 is 1.61 bits per heavy atom. The van der Waals surface area contributed by atoms with Crippen LogP contribution in [0, 0.1) is 11.6 Å². The molecular weight excluding hydrogens is 437 g/mol. The second-order valence-corrected chi connectivity index (χ2v) is 14.1. The summed E-state index contributed by atoms with van der Waals surface area (Å²) in [6.07, 6.45) is 10.7. The van der Waals surface area contributed by atoms with E-state index in [2.05, 4.69) is 24.3 Å². The molecule has 0 spiro atoms. The molecule has 2 aliphatic carbocycles. The molecule has 0 fully saturated rings. The van der Waals surface area contributed by atoms with Crippen LogP contribution in [0.3, 0.4) is 0 Å². The quantitative estimate of drug-likeness (QED) is 0.543. The van der Waals surface area contributed by atoms with Crippen LogP contribution in [0.1, 0.15) is 19.3 Å². The average Bonchev–Trinajstić information content (AvgIpc) is 3.36. The van der Waals surface area contributed by atoms with E-state index in [4.69, 9.17) is 5.63 Å². The third-order valence-electron chi connectivity index (χ3n) is 5.41. The van der Waals surface area contributed by atoms with Gasteiger partial charge in [-0.15, -0.1) is 0 Å². The van der Waals surface area contributed by atoms with Gasteiger partial charge in [0.15, 0.2) is 0 Å². The number of allylic oxidation sites excluding steroid dienone is 8. The molecule has 140 valence electrons. The van der Waals surface area contributed by atoms with Crippen molar-refractivity contribution in [1.82, 2.24) is 0 Å². The van der Waals surface area contributed by atoms with Gasteiger partial charge in [-0.2, -0.15) is 0 Å². The van der Waals surface area contributed by atoms with Crippen molar-refractivity contribution >= 4 is 0 Å². The van der Waals surface area contributed by atoms with E-state index in [9.17, 15) is 8.78 Å². The number of para-hydroxylation sites is 2. The van der Waals surface area contributed by atoms with Gasteiger partial charge in [0.1, 0.15) is 0 Å². The summed E-state index contributed by atoms with van der Waals surface area (Å²) in [5.74, 6) is -0.506. The van der Waals surface area contributed by atoms with Gasteiger partial charge >= 0.3 is 168 Å². The fourth-order valence-electron chi connectivity index (χ4n) is 4.14. The second-order valence-electron chi connectivity index (χ2n) is 7.08. The van der Waals surface area contributed by atoms with Crippen LogP contribution in [0.2, 0.25) is 0 Å². The van der Waals surface area contributed by atoms with Gasteiger partial charge < -0.3 is 0 Å². The van der Waals surface area contributed by atoms with E-state index in [1.165, 1.54) is 23.3 Å². The maximum absolute atomic E-state index is 14.5. The molecule has 2 aromatic rings. The van der Waals surface area contributed by atoms with Gasteiger partial charge in [-0.25, -0.2) is 0 Å². The summed E-state index contributed by atoms with van der Waals surface area (Å²) in [7, 11) is 0. The van der Waals surface area contributed by atoms with E-state index in [1.54, 1.807) is 36.4 Å². The number of rotatable bonds is 4. The van der Waals surface area contributed by atoms with Crippen molar-refractivity contribution in [3.8, 4) is 11.5 Å². The summed E-state index contributed by atoms with van der Waals surface area (Å²) in [5, 5.41) is 0. The summed E-state index contributed by atoms with van der Waals surface area (Å²) in [6, 6.07) is 12.8. The number of hydrogen-bond donors (Lipinski definition) is 0. The Hall–Kier alpha value is -2.26. The molecule has 1 heterocycles. The van der Waals surface area contributed by atoms with Crippen LogP contribution < -0.4 is 5.63 Å². The SMILES string of the molecule is Fc1ccccc1[O][Zr]1([O]c2ccccc2F)[C]2=C(C=CC2)CC2=[C]1CC=C2. The van der Waals surface area contributed by atoms with Crippen molar-refractivity contribution in [2.24, 2.45) is 0 Å². The van der Waals surface area contributed by atoms with Crippen molar-refractivity contribution in [1.29, 1.82) is 0 Å². The molecule has 0 atom stereocenters. The van der Waals surface area contributed by atoms with Gasteiger partial charge in [-0.3, -0.25) is 0 Å². The molecule has 0 saturated carbocycles. The van der Waals surface area contributed by atoms with E-state index < -0.39 is 32.8 Å². The van der Waals surface area contributed by atoms with Crippen LogP contribution >= 0.6 is 0 Å². The molecule has 1 aliphatic heterocycles. The fourth-order valence-corrected chi connectivity index (χ4v) is 13.5. The standard InChI is InChI=1S/C11H10.2C6H5FO.Zr/c1-2-6-10(5-1)9-11-7-3-4-8-11;2*7-5-3-1-2-4-6(5)8;/h1,3,5,7H,2,4,9H2;2*1-4,8H;/q;;;+2/p-2. The van der Waals surface area contributed by atoms with Crippen LogP contribution in [0.4, 0.5) is 8.78 Å². The van der Waals surface area contributed by atoms with Crippen molar-refractivity contribution in [2.75, 3.05) is 0 Å². The van der Waals surface area contributed by atoms with Gasteiger partial charge in [-0.1, -0.05) is 0 Å². The molecule has 3 aliphatic rings. The zero-order chi connectivity index (χ0) is 19.1. The Morgan fingerprint density at radius 1 is 0.679 bits per heavy atom. The summed E-state index contributed by atoms with van der Waals surface area (Å²) in [6.45, 7) is 0. The first-order valence-corrected chi connectivity index (χ1v) is 13.8. The van der Waals surface area contributed by atoms with E-state index in [-0.39, 0.29) is 11.5 Å². The molecule has 2 aromatic carbocycles. The molecular formula is C23H18F2O2Zr. The predicted octanol–water partition coefficient (Wildman–Crippen LogP) is 6.24. The Balaban J connectivity index is 1.69. The molecule has 0 radical (unpaired) electrons. The Kier molecular flexibility index (Phi) is 4.43. The summed E-state index contributed by atoms with van der Waals surface area (Å²) >= 11 is -4.34. The predicted molar refractivity (Wildman–Crippen MR) is 100 cm³/mol. The van der Waals surface area contributed by atoms with Crippen LogP contribution in [0.25, 0.3) is 0 Å². The monoisotopic (exact) mass is 454 g/mol. The van der Waals surface area contributed by atoms with Crippen LogP contribution in [-0.2, 0) is 21.1 Å². The number of benzene rings is 2. The van der Waals surface area contributed by atoms with Gasteiger partial charge in [0.05, 0.1) is 0 Å². The first-order chi connectivity index (χ1) is 13.7. The minimum absolute atomic E-state index is 0.175. The van der Waals surface area contributed by atoms with Crippen LogP contribution in [0.5, 0.6) is 11.5 Å². The van der Waals surface area contributed by atoms with Gasteiger partial charge in [0, 0.05) is 0 Å². The van der Waals surface area contributed by atoms with Crippen molar-refractivity contribution < 1.29 is 35.6 Å². The molecule has 5 rings (SSSR count). The van der Waals surface area contributed by atoms with Gasteiger partial charge in [0.2, 0.25) is 0 Å². The third-order valence-corrected chi connectivity index (χ3v) is 14.4. The molecule has 0 saturated heterocycles. The van der Waals surface area contributed by atoms with Gasteiger partial charge in [0.25, 0.3) is 0 Å². The average molecular weight is 456 g/mol. The fraction of sp³-hybridized carbons (Fsp3) is 0.130. The first-order valence-electron chi connectivity index (χ1n) is 9.32. The molecule has 0 N–H and O–H groups in total. The Labute approximate surface area is 168 Å². The molecule has 0 bridgehead atoms. The van der Waals surface area contributed by atoms with Crippen molar-refractivity contribution in [3.05, 3.63) is 102 Å². The minimum atomic E-state index is -4.34. The molecule has 5 heteroatoms. The van der Waals surface area contributed by atoms with Gasteiger partial charge in [-0.05, 0) is 0 Å². The van der Waals surface area contributed by atoms with E-state index in [0.717, 1.165) is 13.0 Å². The Bertz CT molecular complexity index is 996. The maximum atomic E-state index is 14.5. The summed E-state index contributed by atoms with van der Waals surface area (Å²) in [5.41, 5.74) is 2.35. The zero-order valence-electron chi connectivity index (χ0n) is 15.1. The topological polar surface area (TPSA) is 18.5 Å². The van der Waals surface area contributed by atoms with E-state index in [0.29, 0.717) is 12.8 Å². The summed E-state index contributed by atoms with van der Waals surface area (Å²) < 4.78 is 44.3. The van der Waals surface area contributed by atoms with E-state index in [1.807, 2.05) is 0 Å². The second kappa shape index (κ2) is 6.97. The number of hydrogen-bond acceptors (Lipinski definition) is 2. The normalized spacial score (nSPS) is 19.1. The molecule has 0 aromatic heterocycles. The Morgan fingerprint density at radius 2 is 1.14 bits per heavy atom. The molecule has 0 amide bonds. The van der Waals surface area contributed by atoms with E-state index >= 15 is 0 Å². The first kappa shape index (κ1) is 17.8. The molecule has 0 unspecified atom stereocenters. The zero-order valence-corrected chi connectivity index (χ0v) is 17.6. The number of halogens is 2. The van der Waals surface area contributed by atoms with Crippen LogP contribution in [0.15, 0.2) is 90.5 Å². The summed E-state index contributed by atoms with van der Waals surface area (Å²) in [4.78, 5) is 0. The van der Waals surface area contributed by atoms with Crippen molar-refractivity contribution in [2.45, 2.75) is 19.3 Å². The molecule has 2 nitrogen and oxygen atoms in total. The third kappa shape index (κ3) is 2.84. The van der Waals surface area contributed by atoms with Crippen LogP contribution in [-0.4, -0.2) is 0 Å². The molecule has 28 heavy (non-hydrogen) atoms. The van der Waals surface area contributed by atoms with Crippen molar-refractivity contribution in [3.63, 3.8) is 0 Å².